The smallest absolute Gasteiger partial charge is 0.130 e. The van der Waals surface area contributed by atoms with Crippen LogP contribution >= 0.6 is 15.9 Å². The van der Waals surface area contributed by atoms with Crippen LogP contribution < -0.4 is 5.32 Å². The summed E-state index contributed by atoms with van der Waals surface area (Å²) < 4.78 is 14.7. The molecule has 0 aromatic heterocycles. The minimum absolute atomic E-state index is 0.0573. The molecule has 2 rings (SSSR count). The van der Waals surface area contributed by atoms with Gasteiger partial charge >= 0.3 is 0 Å². The molecule has 1 heterocycles. The number of hydrogen-bond donors (Lipinski definition) is 1. The molecule has 0 amide bonds. The Morgan fingerprint density at radius 3 is 3.00 bits per heavy atom. The number of aryl methyl sites for hydroxylation is 1. The quantitative estimate of drug-likeness (QED) is 0.871. The first-order valence-corrected chi connectivity index (χ1v) is 6.14. The highest BCUT2D eigenvalue weighted by Crippen LogP contribution is 2.25. The van der Waals surface area contributed by atoms with Gasteiger partial charge in [-0.15, -0.1) is 0 Å². The summed E-state index contributed by atoms with van der Waals surface area (Å²) in [6, 6.07) is 4.19. The molecule has 1 aromatic carbocycles. The second-order valence-electron chi connectivity index (χ2n) is 4.15. The Morgan fingerprint density at radius 1 is 1.53 bits per heavy atom. The third kappa shape index (κ3) is 2.40. The van der Waals surface area contributed by atoms with Gasteiger partial charge in [0.05, 0.1) is 0 Å². The summed E-state index contributed by atoms with van der Waals surface area (Å²) >= 11 is 3.42. The number of nitrogens with one attached hydrogen (secondary N) is 1. The highest BCUT2D eigenvalue weighted by atomic mass is 79.9. The Labute approximate surface area is 98.2 Å². The standard InChI is InChI=1S/C12H15BrFN/c1-8-4-5-11(13)10(12(8)14)7-9-3-2-6-15-9/h4-5,9,15H,2-3,6-7H2,1H3. The van der Waals surface area contributed by atoms with Crippen LogP contribution in [0.1, 0.15) is 24.0 Å². The summed E-state index contributed by atoms with van der Waals surface area (Å²) in [6.45, 7) is 2.88. The van der Waals surface area contributed by atoms with Crippen LogP contribution in [0, 0.1) is 12.7 Å². The number of hydrogen-bond acceptors (Lipinski definition) is 1. The van der Waals surface area contributed by atoms with Gasteiger partial charge in [0.25, 0.3) is 0 Å². The second-order valence-corrected chi connectivity index (χ2v) is 5.01. The van der Waals surface area contributed by atoms with Crippen molar-refractivity contribution in [2.75, 3.05) is 6.54 Å². The van der Waals surface area contributed by atoms with Crippen molar-refractivity contribution < 1.29 is 4.39 Å². The van der Waals surface area contributed by atoms with E-state index in [0.29, 0.717) is 6.04 Å². The predicted molar refractivity (Wildman–Crippen MR) is 63.6 cm³/mol. The summed E-state index contributed by atoms with van der Waals surface area (Å²) in [5.41, 5.74) is 1.54. The average Bonchev–Trinajstić information content (AvgIpc) is 2.71. The third-order valence-electron chi connectivity index (χ3n) is 2.99. The van der Waals surface area contributed by atoms with E-state index in [2.05, 4.69) is 21.2 Å². The van der Waals surface area contributed by atoms with Crippen LogP contribution in [0.3, 0.4) is 0 Å². The first-order valence-electron chi connectivity index (χ1n) is 5.35. The molecule has 1 fully saturated rings. The predicted octanol–water partition coefficient (Wildman–Crippen LogP) is 3.19. The first-order chi connectivity index (χ1) is 7.18. The fourth-order valence-electron chi connectivity index (χ4n) is 2.08. The van der Waals surface area contributed by atoms with E-state index in [-0.39, 0.29) is 5.82 Å². The number of benzene rings is 1. The van der Waals surface area contributed by atoms with Crippen LogP contribution in [-0.4, -0.2) is 12.6 Å². The maximum absolute atomic E-state index is 13.9. The van der Waals surface area contributed by atoms with E-state index in [4.69, 9.17) is 0 Å². The Morgan fingerprint density at radius 2 is 2.33 bits per heavy atom. The molecule has 1 aliphatic heterocycles. The van der Waals surface area contributed by atoms with Gasteiger partial charge < -0.3 is 5.32 Å². The van der Waals surface area contributed by atoms with Gasteiger partial charge in [0.2, 0.25) is 0 Å². The Balaban J connectivity index is 2.22. The molecule has 0 spiro atoms. The van der Waals surface area contributed by atoms with Crippen LogP contribution in [0.15, 0.2) is 16.6 Å². The van der Waals surface area contributed by atoms with Crippen LogP contribution in [0.25, 0.3) is 0 Å². The summed E-state index contributed by atoms with van der Waals surface area (Å²) in [4.78, 5) is 0. The molecule has 15 heavy (non-hydrogen) atoms. The summed E-state index contributed by atoms with van der Waals surface area (Å²) in [5, 5.41) is 3.39. The lowest BCUT2D eigenvalue weighted by molar-refractivity contribution is 0.554. The minimum Gasteiger partial charge on any atom is -0.314 e. The van der Waals surface area contributed by atoms with Crippen molar-refractivity contribution in [3.8, 4) is 0 Å². The van der Waals surface area contributed by atoms with Gasteiger partial charge in [-0.1, -0.05) is 22.0 Å². The molecule has 0 aliphatic carbocycles. The molecule has 0 radical (unpaired) electrons. The fourth-order valence-corrected chi connectivity index (χ4v) is 2.55. The molecule has 1 nitrogen and oxygen atoms in total. The Hall–Kier alpha value is -0.410. The maximum Gasteiger partial charge on any atom is 0.130 e. The van der Waals surface area contributed by atoms with Gasteiger partial charge in [-0.05, 0) is 44.4 Å². The van der Waals surface area contributed by atoms with Gasteiger partial charge in [0.1, 0.15) is 5.82 Å². The number of halogens is 2. The molecule has 1 N–H and O–H groups in total. The maximum atomic E-state index is 13.9. The zero-order chi connectivity index (χ0) is 10.8. The van der Waals surface area contributed by atoms with Gasteiger partial charge in [0, 0.05) is 16.1 Å². The molecule has 1 aliphatic rings. The molecular weight excluding hydrogens is 257 g/mol. The van der Waals surface area contributed by atoms with Crippen LogP contribution in [-0.2, 0) is 6.42 Å². The SMILES string of the molecule is Cc1ccc(Br)c(CC2CCCN2)c1F. The van der Waals surface area contributed by atoms with E-state index in [0.717, 1.165) is 35.0 Å². The molecule has 1 atom stereocenters. The van der Waals surface area contributed by atoms with Gasteiger partial charge in [-0.3, -0.25) is 0 Å². The molecule has 0 bridgehead atoms. The van der Waals surface area contributed by atoms with Gasteiger partial charge in [-0.25, -0.2) is 4.39 Å². The van der Waals surface area contributed by atoms with E-state index in [1.165, 1.54) is 6.42 Å². The van der Waals surface area contributed by atoms with Crippen LogP contribution in [0.4, 0.5) is 4.39 Å². The molecule has 1 saturated heterocycles. The van der Waals surface area contributed by atoms with Crippen molar-refractivity contribution in [3.05, 3.63) is 33.5 Å². The highest BCUT2D eigenvalue weighted by Gasteiger charge is 2.18. The Kier molecular flexibility index (Phi) is 3.42. The van der Waals surface area contributed by atoms with Crippen LogP contribution in [0.2, 0.25) is 0 Å². The molecule has 1 aromatic rings. The average molecular weight is 272 g/mol. The van der Waals surface area contributed by atoms with E-state index in [1.54, 1.807) is 0 Å². The highest BCUT2D eigenvalue weighted by molar-refractivity contribution is 9.10. The lowest BCUT2D eigenvalue weighted by Gasteiger charge is -2.13. The monoisotopic (exact) mass is 271 g/mol. The van der Waals surface area contributed by atoms with Gasteiger partial charge in [0.15, 0.2) is 0 Å². The van der Waals surface area contributed by atoms with E-state index in [9.17, 15) is 4.39 Å². The first kappa shape index (κ1) is 11.1. The van der Waals surface area contributed by atoms with Crippen molar-refractivity contribution in [2.45, 2.75) is 32.2 Å². The normalized spacial score (nSPS) is 20.9. The Bertz CT molecular complexity index is 359. The molecule has 82 valence electrons. The summed E-state index contributed by atoms with van der Waals surface area (Å²) in [6.07, 6.45) is 3.14. The largest absolute Gasteiger partial charge is 0.314 e. The molecular formula is C12H15BrFN. The minimum atomic E-state index is -0.0573. The van der Waals surface area contributed by atoms with Crippen molar-refractivity contribution in [1.82, 2.24) is 5.32 Å². The number of rotatable bonds is 2. The zero-order valence-electron chi connectivity index (χ0n) is 8.82. The summed E-state index contributed by atoms with van der Waals surface area (Å²) in [5.74, 6) is -0.0573. The van der Waals surface area contributed by atoms with Gasteiger partial charge in [-0.2, -0.15) is 0 Å². The lowest BCUT2D eigenvalue weighted by atomic mass is 10.0. The molecule has 0 saturated carbocycles. The van der Waals surface area contributed by atoms with Crippen molar-refractivity contribution in [2.24, 2.45) is 0 Å². The van der Waals surface area contributed by atoms with E-state index < -0.39 is 0 Å². The summed E-state index contributed by atoms with van der Waals surface area (Å²) in [7, 11) is 0. The van der Waals surface area contributed by atoms with E-state index in [1.807, 2.05) is 19.1 Å². The molecule has 1 unspecified atom stereocenters. The third-order valence-corrected chi connectivity index (χ3v) is 3.73. The fraction of sp³-hybridized carbons (Fsp3) is 0.500. The zero-order valence-corrected chi connectivity index (χ0v) is 10.4. The van der Waals surface area contributed by atoms with Crippen molar-refractivity contribution in [1.29, 1.82) is 0 Å². The molecule has 3 heteroatoms. The van der Waals surface area contributed by atoms with Crippen LogP contribution in [0.5, 0.6) is 0 Å². The lowest BCUT2D eigenvalue weighted by Crippen LogP contribution is -2.24. The topological polar surface area (TPSA) is 12.0 Å². The van der Waals surface area contributed by atoms with Crippen molar-refractivity contribution >= 4 is 15.9 Å². The van der Waals surface area contributed by atoms with Crippen molar-refractivity contribution in [3.63, 3.8) is 0 Å². The second kappa shape index (κ2) is 4.62. The van der Waals surface area contributed by atoms with E-state index >= 15 is 0 Å².